The van der Waals surface area contributed by atoms with E-state index in [1.807, 2.05) is 30.3 Å². The zero-order valence-electron chi connectivity index (χ0n) is 8.96. The molecule has 1 heterocycles. The maximum absolute atomic E-state index is 11.9. The van der Waals surface area contributed by atoms with Gasteiger partial charge in [0, 0.05) is 13.2 Å². The normalized spacial score (nSPS) is 10.3. The summed E-state index contributed by atoms with van der Waals surface area (Å²) in [4.78, 5) is 11.9. The number of nitrogens with zero attached hydrogens (tertiary/aromatic N) is 2. The third kappa shape index (κ3) is 2.12. The molecule has 0 spiro atoms. The maximum atomic E-state index is 11.9. The van der Waals surface area contributed by atoms with Crippen LogP contribution in [0.3, 0.4) is 0 Å². The van der Waals surface area contributed by atoms with Gasteiger partial charge in [-0.1, -0.05) is 42.5 Å². The van der Waals surface area contributed by atoms with Gasteiger partial charge in [0.15, 0.2) is 0 Å². The summed E-state index contributed by atoms with van der Waals surface area (Å²) >= 11 is 5.01. The Hall–Kier alpha value is -1.68. The van der Waals surface area contributed by atoms with Gasteiger partial charge in [0.05, 0.1) is 6.54 Å². The van der Waals surface area contributed by atoms with E-state index in [4.69, 9.17) is 12.2 Å². The van der Waals surface area contributed by atoms with Gasteiger partial charge in [-0.3, -0.25) is 9.13 Å². The molecule has 0 bridgehead atoms. The third-order valence-electron chi connectivity index (χ3n) is 2.46. The Labute approximate surface area is 98.6 Å². The van der Waals surface area contributed by atoms with Crippen LogP contribution < -0.4 is 5.69 Å². The zero-order chi connectivity index (χ0) is 11.5. The molecular formula is C12H12N2OS. The quantitative estimate of drug-likeness (QED) is 0.740. The van der Waals surface area contributed by atoms with Crippen LogP contribution >= 0.6 is 12.2 Å². The Balaban J connectivity index is 2.41. The topological polar surface area (TPSA) is 26.9 Å². The average molecular weight is 232 g/mol. The molecule has 0 amide bonds. The van der Waals surface area contributed by atoms with E-state index >= 15 is 0 Å². The second kappa shape index (κ2) is 4.45. The van der Waals surface area contributed by atoms with E-state index in [2.05, 4.69) is 0 Å². The second-order valence-electron chi connectivity index (χ2n) is 3.61. The summed E-state index contributed by atoms with van der Waals surface area (Å²) in [7, 11) is 1.69. The standard InChI is InChI=1S/C12H12N2OS/c1-13-11(16)7-8-14(12(13)15)9-10-5-3-2-4-6-10/h2-8H,9H2,1H3. The number of hydrogen-bond donors (Lipinski definition) is 0. The summed E-state index contributed by atoms with van der Waals surface area (Å²) in [5.41, 5.74) is 1.01. The van der Waals surface area contributed by atoms with E-state index in [1.54, 1.807) is 23.9 Å². The first kappa shape index (κ1) is 10.8. The van der Waals surface area contributed by atoms with Crippen molar-refractivity contribution in [1.29, 1.82) is 0 Å². The van der Waals surface area contributed by atoms with Gasteiger partial charge in [0.2, 0.25) is 0 Å². The number of benzene rings is 1. The Bertz CT molecular complexity index is 598. The van der Waals surface area contributed by atoms with E-state index in [1.165, 1.54) is 4.57 Å². The highest BCUT2D eigenvalue weighted by Crippen LogP contribution is 2.00. The molecule has 0 saturated carbocycles. The Morgan fingerprint density at radius 1 is 1.19 bits per heavy atom. The summed E-state index contributed by atoms with van der Waals surface area (Å²) < 4.78 is 3.66. The van der Waals surface area contributed by atoms with Crippen LogP contribution in [0.1, 0.15) is 5.56 Å². The zero-order valence-corrected chi connectivity index (χ0v) is 9.78. The van der Waals surface area contributed by atoms with Crippen molar-refractivity contribution in [3.8, 4) is 0 Å². The smallest absolute Gasteiger partial charge is 0.296 e. The summed E-state index contributed by atoms with van der Waals surface area (Å²) in [5, 5.41) is 0. The van der Waals surface area contributed by atoms with Crippen LogP contribution in [0, 0.1) is 4.64 Å². The summed E-state index contributed by atoms with van der Waals surface area (Å²) in [6.45, 7) is 0.573. The van der Waals surface area contributed by atoms with Crippen LogP contribution in [-0.2, 0) is 13.6 Å². The molecule has 0 aliphatic heterocycles. The van der Waals surface area contributed by atoms with Crippen LogP contribution in [-0.4, -0.2) is 9.13 Å². The van der Waals surface area contributed by atoms with Gasteiger partial charge in [-0.05, 0) is 11.6 Å². The minimum absolute atomic E-state index is 0.0867. The average Bonchev–Trinajstić information content (AvgIpc) is 2.31. The van der Waals surface area contributed by atoms with Crippen LogP contribution in [0.5, 0.6) is 0 Å². The third-order valence-corrected chi connectivity index (χ3v) is 2.87. The first-order chi connectivity index (χ1) is 7.68. The minimum atomic E-state index is -0.0867. The minimum Gasteiger partial charge on any atom is -0.296 e. The lowest BCUT2D eigenvalue weighted by molar-refractivity contribution is 0.655. The molecule has 1 aromatic heterocycles. The molecule has 4 heteroatoms. The summed E-state index contributed by atoms with van der Waals surface area (Å²) in [6, 6.07) is 11.6. The van der Waals surface area contributed by atoms with Crippen LogP contribution in [0.4, 0.5) is 0 Å². The van der Waals surface area contributed by atoms with E-state index in [0.717, 1.165) is 5.56 Å². The van der Waals surface area contributed by atoms with E-state index in [9.17, 15) is 4.79 Å². The first-order valence-corrected chi connectivity index (χ1v) is 5.40. The van der Waals surface area contributed by atoms with Crippen molar-refractivity contribution in [1.82, 2.24) is 9.13 Å². The second-order valence-corrected chi connectivity index (χ2v) is 4.03. The largest absolute Gasteiger partial charge is 0.329 e. The molecule has 0 N–H and O–H groups in total. The molecule has 0 fully saturated rings. The van der Waals surface area contributed by atoms with Gasteiger partial charge in [0.25, 0.3) is 0 Å². The molecule has 82 valence electrons. The Kier molecular flexibility index (Phi) is 3.01. The molecule has 0 aliphatic rings. The van der Waals surface area contributed by atoms with Crippen molar-refractivity contribution < 1.29 is 0 Å². The Morgan fingerprint density at radius 2 is 1.88 bits per heavy atom. The van der Waals surface area contributed by atoms with Crippen molar-refractivity contribution in [2.45, 2.75) is 6.54 Å². The SMILES string of the molecule is Cn1c(=S)ccn(Cc2ccccc2)c1=O. The lowest BCUT2D eigenvalue weighted by Crippen LogP contribution is -2.29. The van der Waals surface area contributed by atoms with E-state index < -0.39 is 0 Å². The Morgan fingerprint density at radius 3 is 2.56 bits per heavy atom. The molecule has 2 rings (SSSR count). The van der Waals surface area contributed by atoms with E-state index in [0.29, 0.717) is 11.2 Å². The highest BCUT2D eigenvalue weighted by atomic mass is 32.1. The molecule has 16 heavy (non-hydrogen) atoms. The first-order valence-electron chi connectivity index (χ1n) is 4.99. The number of hydrogen-bond acceptors (Lipinski definition) is 2. The van der Waals surface area contributed by atoms with Gasteiger partial charge in [0.1, 0.15) is 4.64 Å². The van der Waals surface area contributed by atoms with Crippen molar-refractivity contribution in [2.75, 3.05) is 0 Å². The highest BCUT2D eigenvalue weighted by molar-refractivity contribution is 7.71. The van der Waals surface area contributed by atoms with Gasteiger partial charge < -0.3 is 0 Å². The fourth-order valence-corrected chi connectivity index (χ4v) is 1.66. The summed E-state index contributed by atoms with van der Waals surface area (Å²) in [6.07, 6.45) is 1.73. The molecule has 0 saturated heterocycles. The van der Waals surface area contributed by atoms with E-state index in [-0.39, 0.29) is 5.69 Å². The molecule has 0 radical (unpaired) electrons. The predicted molar refractivity (Wildman–Crippen MR) is 66.1 cm³/mol. The molecule has 0 aliphatic carbocycles. The fourth-order valence-electron chi connectivity index (χ4n) is 1.52. The molecular weight excluding hydrogens is 220 g/mol. The van der Waals surface area contributed by atoms with Gasteiger partial charge in [-0.2, -0.15) is 0 Å². The predicted octanol–water partition coefficient (Wildman–Crippen LogP) is 1.96. The van der Waals surface area contributed by atoms with Crippen LogP contribution in [0.25, 0.3) is 0 Å². The van der Waals surface area contributed by atoms with Crippen molar-refractivity contribution in [3.05, 3.63) is 63.3 Å². The number of aromatic nitrogens is 2. The van der Waals surface area contributed by atoms with Gasteiger partial charge in [-0.25, -0.2) is 4.79 Å². The van der Waals surface area contributed by atoms with Crippen molar-refractivity contribution >= 4 is 12.2 Å². The van der Waals surface area contributed by atoms with Crippen LogP contribution in [0.15, 0.2) is 47.4 Å². The van der Waals surface area contributed by atoms with Crippen molar-refractivity contribution in [2.24, 2.45) is 7.05 Å². The van der Waals surface area contributed by atoms with Gasteiger partial charge >= 0.3 is 5.69 Å². The lowest BCUT2D eigenvalue weighted by atomic mass is 10.2. The monoisotopic (exact) mass is 232 g/mol. The maximum Gasteiger partial charge on any atom is 0.329 e. The highest BCUT2D eigenvalue weighted by Gasteiger charge is 1.99. The van der Waals surface area contributed by atoms with Crippen molar-refractivity contribution in [3.63, 3.8) is 0 Å². The molecule has 1 aromatic carbocycles. The molecule has 3 nitrogen and oxygen atoms in total. The van der Waals surface area contributed by atoms with Gasteiger partial charge in [-0.15, -0.1) is 0 Å². The number of rotatable bonds is 2. The lowest BCUT2D eigenvalue weighted by Gasteiger charge is -2.07. The fraction of sp³-hybridized carbons (Fsp3) is 0.167. The molecule has 2 aromatic rings. The van der Waals surface area contributed by atoms with Crippen LogP contribution in [0.2, 0.25) is 0 Å². The molecule has 0 unspecified atom stereocenters. The summed E-state index contributed by atoms with van der Waals surface area (Å²) in [5.74, 6) is 0. The molecule has 0 atom stereocenters.